The fourth-order valence-electron chi connectivity index (χ4n) is 0.516. The van der Waals surface area contributed by atoms with Crippen LogP contribution in [0.25, 0.3) is 0 Å². The van der Waals surface area contributed by atoms with Crippen LogP contribution < -0.4 is 58.1 Å². The van der Waals surface area contributed by atoms with Crippen LogP contribution in [0.1, 0.15) is 0 Å². The van der Waals surface area contributed by atoms with Crippen molar-refractivity contribution in [2.24, 2.45) is 0 Å². The van der Waals surface area contributed by atoms with Crippen LogP contribution in [0.15, 0.2) is 0 Å². The number of aliphatic hydroxyl groups excluding tert-OH is 4. The molecule has 4 unspecified atom stereocenters. The van der Waals surface area contributed by atoms with Crippen molar-refractivity contribution in [1.82, 2.24) is 0 Å². The molecule has 0 spiro atoms. The second-order valence-electron chi connectivity index (χ2n) is 3.06. The number of aliphatic hydroxyl groups is 4. The Kier molecular flexibility index (Phi) is 24.0. The first kappa shape index (κ1) is 33.9. The van der Waals surface area contributed by atoms with Gasteiger partial charge < -0.3 is 60.0 Å². The molecule has 0 aliphatic carbocycles. The Hall–Kier alpha value is -0.566. The molecular formula is C8H8Li2MnO12. The first-order valence-corrected chi connectivity index (χ1v) is 4.49. The first-order valence-electron chi connectivity index (χ1n) is 4.49. The van der Waals surface area contributed by atoms with Gasteiger partial charge in [0, 0.05) is 0 Å². The Morgan fingerprint density at radius 3 is 0.652 bits per heavy atom. The van der Waals surface area contributed by atoms with Crippen molar-refractivity contribution in [1.29, 1.82) is 0 Å². The van der Waals surface area contributed by atoms with Crippen LogP contribution in [0.3, 0.4) is 0 Å². The standard InChI is InChI=1S/2C4H6O6.2Li.Mn/c2*5-1(3(7)8)2(6)4(9)10;;;/h2*1-2,5-6H,(H,7,8)(H,9,10);;;/q;;2*+1;+2/p-4. The van der Waals surface area contributed by atoms with Gasteiger partial charge in [0.25, 0.3) is 0 Å². The molecule has 23 heavy (non-hydrogen) atoms. The molecule has 0 bridgehead atoms. The molecular weight excluding hydrogens is 357 g/mol. The van der Waals surface area contributed by atoms with Gasteiger partial charge >= 0.3 is 54.8 Å². The second kappa shape index (κ2) is 16.3. The summed E-state index contributed by atoms with van der Waals surface area (Å²) in [6.07, 6.45) is -9.76. The van der Waals surface area contributed by atoms with E-state index in [1.807, 2.05) is 0 Å². The van der Waals surface area contributed by atoms with Crippen LogP contribution in [0.5, 0.6) is 0 Å². The zero-order valence-corrected chi connectivity index (χ0v) is 12.9. The van der Waals surface area contributed by atoms with E-state index in [0.717, 1.165) is 0 Å². The van der Waals surface area contributed by atoms with E-state index in [4.69, 9.17) is 20.4 Å². The SMILES string of the molecule is O=C([O-])C(O)C(O)C(=O)[O-].O=C([O-])C(O)C(O)C(=O)[O-].[Li+].[Li+].[Mn+2]. The zero-order valence-electron chi connectivity index (χ0n) is 11.7. The number of rotatable bonds is 6. The molecule has 0 fully saturated rings. The van der Waals surface area contributed by atoms with Crippen LogP contribution in [0, 0.1) is 0 Å². The summed E-state index contributed by atoms with van der Waals surface area (Å²) >= 11 is 0. The molecule has 0 aliphatic rings. The number of hydrogen-bond acceptors (Lipinski definition) is 12. The number of carbonyl (C=O) groups is 4. The quantitative estimate of drug-likeness (QED) is 0.321. The molecule has 12 nitrogen and oxygen atoms in total. The number of aliphatic carboxylic acids is 4. The molecule has 4 N–H and O–H groups in total. The summed E-state index contributed by atoms with van der Waals surface area (Å²) in [5.74, 6) is -8.23. The zero-order chi connectivity index (χ0) is 16.6. The molecule has 0 heterocycles. The van der Waals surface area contributed by atoms with Crippen molar-refractivity contribution in [2.45, 2.75) is 24.4 Å². The molecule has 15 heteroatoms. The van der Waals surface area contributed by atoms with E-state index in [2.05, 4.69) is 0 Å². The predicted octanol–water partition coefficient (Wildman–Crippen LogP) is -15.6. The molecule has 1 radical (unpaired) electrons. The third kappa shape index (κ3) is 14.7. The van der Waals surface area contributed by atoms with E-state index in [1.165, 1.54) is 0 Å². The summed E-state index contributed by atoms with van der Waals surface area (Å²) in [5, 5.41) is 71.5. The Labute approximate surface area is 162 Å². The van der Waals surface area contributed by atoms with Gasteiger partial charge in [0.2, 0.25) is 0 Å². The molecule has 4 atom stereocenters. The van der Waals surface area contributed by atoms with E-state index in [0.29, 0.717) is 0 Å². The van der Waals surface area contributed by atoms with Crippen LogP contribution in [0.2, 0.25) is 0 Å². The number of carboxylic acid groups (broad SMARTS) is 4. The van der Waals surface area contributed by atoms with Gasteiger partial charge in [0.1, 0.15) is 24.4 Å². The van der Waals surface area contributed by atoms with Crippen LogP contribution in [-0.2, 0) is 36.2 Å². The van der Waals surface area contributed by atoms with Crippen LogP contribution in [-0.4, -0.2) is 68.7 Å². The topological polar surface area (TPSA) is 241 Å². The maximum atomic E-state index is 9.63. The van der Waals surface area contributed by atoms with Gasteiger partial charge in [-0.25, -0.2) is 0 Å². The predicted molar refractivity (Wildman–Crippen MR) is 44.1 cm³/mol. The molecule has 0 saturated heterocycles. The molecule has 0 rings (SSSR count). The van der Waals surface area contributed by atoms with Gasteiger partial charge in [-0.2, -0.15) is 0 Å². The third-order valence-corrected chi connectivity index (χ3v) is 1.56. The number of carboxylic acids is 4. The van der Waals surface area contributed by atoms with E-state index >= 15 is 0 Å². The molecule has 0 aromatic carbocycles. The molecule has 0 aromatic rings. The van der Waals surface area contributed by atoms with Crippen molar-refractivity contribution in [3.63, 3.8) is 0 Å². The van der Waals surface area contributed by atoms with Gasteiger partial charge in [-0.05, 0) is 0 Å². The maximum absolute atomic E-state index is 9.63. The Bertz CT molecular complexity index is 319. The second-order valence-corrected chi connectivity index (χ2v) is 3.06. The molecule has 0 aromatic heterocycles. The molecule has 0 saturated carbocycles. The van der Waals surface area contributed by atoms with Gasteiger partial charge in [0.15, 0.2) is 0 Å². The van der Waals surface area contributed by atoms with E-state index < -0.39 is 48.3 Å². The molecule has 0 aliphatic heterocycles. The summed E-state index contributed by atoms with van der Waals surface area (Å²) in [4.78, 5) is 38.5. The minimum Gasteiger partial charge on any atom is -0.547 e. The minimum absolute atomic E-state index is 0. The van der Waals surface area contributed by atoms with Crippen LogP contribution >= 0.6 is 0 Å². The fraction of sp³-hybridized carbons (Fsp3) is 0.500. The van der Waals surface area contributed by atoms with Gasteiger partial charge in [-0.3, -0.25) is 0 Å². The van der Waals surface area contributed by atoms with Gasteiger partial charge in [0.05, 0.1) is 23.9 Å². The van der Waals surface area contributed by atoms with E-state index in [-0.39, 0.29) is 54.8 Å². The Morgan fingerprint density at radius 1 is 0.522 bits per heavy atom. The fourth-order valence-corrected chi connectivity index (χ4v) is 0.516. The number of hydrogen-bond donors (Lipinski definition) is 4. The first-order chi connectivity index (χ1) is 8.93. The Morgan fingerprint density at radius 2 is 0.609 bits per heavy atom. The van der Waals surface area contributed by atoms with Crippen molar-refractivity contribution in [2.75, 3.05) is 0 Å². The summed E-state index contributed by atoms with van der Waals surface area (Å²) < 4.78 is 0. The maximum Gasteiger partial charge on any atom is 2.00 e. The third-order valence-electron chi connectivity index (χ3n) is 1.56. The molecule has 0 amide bonds. The summed E-state index contributed by atoms with van der Waals surface area (Å²) in [6.45, 7) is 0. The largest absolute Gasteiger partial charge is 2.00 e. The van der Waals surface area contributed by atoms with Crippen molar-refractivity contribution >= 4 is 23.9 Å². The van der Waals surface area contributed by atoms with E-state index in [1.54, 1.807) is 0 Å². The minimum atomic E-state index is -2.44. The summed E-state index contributed by atoms with van der Waals surface area (Å²) in [6, 6.07) is 0. The van der Waals surface area contributed by atoms with Gasteiger partial charge in [-0.15, -0.1) is 0 Å². The monoisotopic (exact) mass is 365 g/mol. The summed E-state index contributed by atoms with van der Waals surface area (Å²) in [7, 11) is 0. The molecule has 121 valence electrons. The van der Waals surface area contributed by atoms with Crippen molar-refractivity contribution < 1.29 is 115 Å². The number of carbonyl (C=O) groups excluding carboxylic acids is 4. The van der Waals surface area contributed by atoms with Crippen molar-refractivity contribution in [3.05, 3.63) is 0 Å². The van der Waals surface area contributed by atoms with E-state index in [9.17, 15) is 39.6 Å². The Balaban J connectivity index is -0.0000000831. The van der Waals surface area contributed by atoms with Crippen molar-refractivity contribution in [3.8, 4) is 0 Å². The summed E-state index contributed by atoms with van der Waals surface area (Å²) in [5.41, 5.74) is 0. The average Bonchev–Trinajstić information content (AvgIpc) is 2.35. The average molecular weight is 365 g/mol. The van der Waals surface area contributed by atoms with Crippen LogP contribution in [0.4, 0.5) is 0 Å². The smallest absolute Gasteiger partial charge is 0.547 e. The normalized spacial score (nSPS) is 13.7. The van der Waals surface area contributed by atoms with Gasteiger partial charge in [-0.1, -0.05) is 0 Å².